The van der Waals surface area contributed by atoms with E-state index in [-0.39, 0.29) is 12.3 Å². The molecule has 1 aromatic rings. The van der Waals surface area contributed by atoms with Gasteiger partial charge in [-0.25, -0.2) is 5.84 Å². The molecular formula is C12H18N2O3. The number of nitrogens with one attached hydrogen (secondary N) is 1. The van der Waals surface area contributed by atoms with Crippen LogP contribution in [0.3, 0.4) is 0 Å². The van der Waals surface area contributed by atoms with Gasteiger partial charge in [-0.05, 0) is 30.7 Å². The fourth-order valence-corrected chi connectivity index (χ4v) is 1.19. The molecule has 0 radical (unpaired) electrons. The van der Waals surface area contributed by atoms with E-state index < -0.39 is 0 Å². The zero-order valence-electron chi connectivity index (χ0n) is 9.94. The first kappa shape index (κ1) is 13.3. The molecular weight excluding hydrogens is 220 g/mol. The van der Waals surface area contributed by atoms with Crippen molar-refractivity contribution in [2.45, 2.75) is 19.8 Å². The summed E-state index contributed by atoms with van der Waals surface area (Å²) in [7, 11) is 0. The molecule has 0 bridgehead atoms. The van der Waals surface area contributed by atoms with Gasteiger partial charge in [0.05, 0.1) is 19.6 Å². The summed E-state index contributed by atoms with van der Waals surface area (Å²) in [6.07, 6.45) is 1.22. The Morgan fingerprint density at radius 3 is 2.18 bits per heavy atom. The fourth-order valence-electron chi connectivity index (χ4n) is 1.19. The van der Waals surface area contributed by atoms with Crippen LogP contribution in [0.15, 0.2) is 24.3 Å². The quantitative estimate of drug-likeness (QED) is 0.426. The Morgan fingerprint density at radius 1 is 1.18 bits per heavy atom. The molecule has 0 aliphatic carbocycles. The second kappa shape index (κ2) is 7.51. The van der Waals surface area contributed by atoms with Crippen molar-refractivity contribution in [2.75, 3.05) is 13.2 Å². The maximum absolute atomic E-state index is 10.8. The Balaban J connectivity index is 2.32. The van der Waals surface area contributed by atoms with Crippen molar-refractivity contribution in [3.05, 3.63) is 24.3 Å². The van der Waals surface area contributed by atoms with Gasteiger partial charge in [0.25, 0.3) is 0 Å². The highest BCUT2D eigenvalue weighted by Crippen LogP contribution is 2.17. The van der Waals surface area contributed by atoms with Crippen molar-refractivity contribution in [1.29, 1.82) is 0 Å². The Morgan fingerprint density at radius 2 is 1.71 bits per heavy atom. The summed E-state index contributed by atoms with van der Waals surface area (Å²) < 4.78 is 10.8. The van der Waals surface area contributed by atoms with Crippen LogP contribution in [-0.4, -0.2) is 19.1 Å². The molecule has 94 valence electrons. The molecule has 0 atom stereocenters. The van der Waals surface area contributed by atoms with Gasteiger partial charge in [-0.15, -0.1) is 0 Å². The molecule has 17 heavy (non-hydrogen) atoms. The summed E-state index contributed by atoms with van der Waals surface area (Å²) in [5.41, 5.74) is 2.04. The topological polar surface area (TPSA) is 73.6 Å². The molecule has 0 spiro atoms. The van der Waals surface area contributed by atoms with Gasteiger partial charge in [0, 0.05) is 0 Å². The van der Waals surface area contributed by atoms with Crippen LogP contribution in [0.2, 0.25) is 0 Å². The van der Waals surface area contributed by atoms with Crippen LogP contribution in [0, 0.1) is 0 Å². The SMILES string of the molecule is CCCOc1ccc(OCCC(=O)NN)cc1. The van der Waals surface area contributed by atoms with E-state index in [1.165, 1.54) is 0 Å². The molecule has 5 heteroatoms. The number of hydrazine groups is 1. The lowest BCUT2D eigenvalue weighted by Gasteiger charge is -2.07. The zero-order chi connectivity index (χ0) is 12.5. The predicted molar refractivity (Wildman–Crippen MR) is 64.7 cm³/mol. The van der Waals surface area contributed by atoms with Gasteiger partial charge in [0.2, 0.25) is 5.91 Å². The van der Waals surface area contributed by atoms with Crippen LogP contribution < -0.4 is 20.7 Å². The van der Waals surface area contributed by atoms with E-state index >= 15 is 0 Å². The van der Waals surface area contributed by atoms with Crippen molar-refractivity contribution in [1.82, 2.24) is 5.43 Å². The normalized spacial score (nSPS) is 9.76. The van der Waals surface area contributed by atoms with Crippen molar-refractivity contribution in [3.8, 4) is 11.5 Å². The number of carbonyl (C=O) groups excluding carboxylic acids is 1. The molecule has 0 aliphatic rings. The largest absolute Gasteiger partial charge is 0.494 e. The average Bonchev–Trinajstić information content (AvgIpc) is 2.37. The predicted octanol–water partition coefficient (Wildman–Crippen LogP) is 1.23. The maximum atomic E-state index is 10.8. The highest BCUT2D eigenvalue weighted by Gasteiger charge is 1.99. The van der Waals surface area contributed by atoms with Crippen molar-refractivity contribution in [2.24, 2.45) is 5.84 Å². The monoisotopic (exact) mass is 238 g/mol. The van der Waals surface area contributed by atoms with Crippen LogP contribution in [0.1, 0.15) is 19.8 Å². The van der Waals surface area contributed by atoms with Crippen LogP contribution in [0.4, 0.5) is 0 Å². The molecule has 0 saturated carbocycles. The van der Waals surface area contributed by atoms with E-state index in [0.29, 0.717) is 19.0 Å². The Labute approximate surface area is 101 Å². The van der Waals surface area contributed by atoms with Gasteiger partial charge >= 0.3 is 0 Å². The second-order valence-electron chi connectivity index (χ2n) is 3.49. The number of amides is 1. The zero-order valence-corrected chi connectivity index (χ0v) is 9.94. The third kappa shape index (κ3) is 5.21. The molecule has 0 unspecified atom stereocenters. The summed E-state index contributed by atoms with van der Waals surface area (Å²) in [4.78, 5) is 10.8. The third-order valence-electron chi connectivity index (χ3n) is 2.06. The molecule has 1 amide bonds. The van der Waals surface area contributed by atoms with E-state index in [4.69, 9.17) is 15.3 Å². The molecule has 0 aromatic heterocycles. The van der Waals surface area contributed by atoms with E-state index in [1.807, 2.05) is 29.7 Å². The summed E-state index contributed by atoms with van der Waals surface area (Å²) >= 11 is 0. The number of rotatable bonds is 7. The first-order valence-electron chi connectivity index (χ1n) is 5.61. The fraction of sp³-hybridized carbons (Fsp3) is 0.417. The second-order valence-corrected chi connectivity index (χ2v) is 3.49. The maximum Gasteiger partial charge on any atom is 0.237 e. The average molecular weight is 238 g/mol. The van der Waals surface area contributed by atoms with Crippen LogP contribution >= 0.6 is 0 Å². The molecule has 0 heterocycles. The van der Waals surface area contributed by atoms with Gasteiger partial charge < -0.3 is 9.47 Å². The summed E-state index contributed by atoms with van der Waals surface area (Å²) in [6, 6.07) is 7.30. The third-order valence-corrected chi connectivity index (χ3v) is 2.06. The Hall–Kier alpha value is -1.75. The number of carbonyl (C=O) groups is 1. The summed E-state index contributed by atoms with van der Waals surface area (Å²) in [6.45, 7) is 3.06. The minimum absolute atomic E-state index is 0.241. The van der Waals surface area contributed by atoms with Gasteiger partial charge in [0.1, 0.15) is 11.5 Å². The lowest BCUT2D eigenvalue weighted by molar-refractivity contribution is -0.121. The van der Waals surface area contributed by atoms with Crippen LogP contribution in [-0.2, 0) is 4.79 Å². The Bertz CT molecular complexity index is 338. The van der Waals surface area contributed by atoms with Gasteiger partial charge in [-0.2, -0.15) is 0 Å². The Kier molecular flexibility index (Phi) is 5.88. The van der Waals surface area contributed by atoms with Gasteiger partial charge in [-0.3, -0.25) is 10.2 Å². The van der Waals surface area contributed by atoms with Crippen molar-refractivity contribution in [3.63, 3.8) is 0 Å². The van der Waals surface area contributed by atoms with Crippen LogP contribution in [0.25, 0.3) is 0 Å². The number of ether oxygens (including phenoxy) is 2. The number of hydrogen-bond acceptors (Lipinski definition) is 4. The number of hydrogen-bond donors (Lipinski definition) is 2. The minimum atomic E-state index is -0.243. The van der Waals surface area contributed by atoms with E-state index in [1.54, 1.807) is 0 Å². The highest BCUT2D eigenvalue weighted by atomic mass is 16.5. The molecule has 1 aromatic carbocycles. The van der Waals surface area contributed by atoms with Crippen molar-refractivity contribution < 1.29 is 14.3 Å². The van der Waals surface area contributed by atoms with E-state index in [9.17, 15) is 4.79 Å². The molecule has 5 nitrogen and oxygen atoms in total. The van der Waals surface area contributed by atoms with E-state index in [0.717, 1.165) is 12.2 Å². The molecule has 0 aliphatic heterocycles. The van der Waals surface area contributed by atoms with Crippen LogP contribution in [0.5, 0.6) is 11.5 Å². The molecule has 0 saturated heterocycles. The first-order chi connectivity index (χ1) is 8.26. The number of nitrogens with two attached hydrogens (primary N) is 1. The van der Waals surface area contributed by atoms with E-state index in [2.05, 4.69) is 6.92 Å². The van der Waals surface area contributed by atoms with Gasteiger partial charge in [-0.1, -0.05) is 6.92 Å². The smallest absolute Gasteiger partial charge is 0.237 e. The molecule has 3 N–H and O–H groups in total. The standard InChI is InChI=1S/C12H18N2O3/c1-2-8-16-10-3-5-11(6-4-10)17-9-7-12(15)14-13/h3-6H,2,7-9,13H2,1H3,(H,14,15). The molecule has 1 rings (SSSR count). The lowest BCUT2D eigenvalue weighted by Crippen LogP contribution is -2.31. The summed E-state index contributed by atoms with van der Waals surface area (Å²) in [5, 5.41) is 0. The molecule has 0 fully saturated rings. The highest BCUT2D eigenvalue weighted by molar-refractivity contribution is 5.75. The first-order valence-corrected chi connectivity index (χ1v) is 5.61. The van der Waals surface area contributed by atoms with Crippen molar-refractivity contribution >= 4 is 5.91 Å². The summed E-state index contributed by atoms with van der Waals surface area (Å²) in [5.74, 6) is 6.23. The minimum Gasteiger partial charge on any atom is -0.494 e. The lowest BCUT2D eigenvalue weighted by atomic mass is 10.3. The number of benzene rings is 1. The van der Waals surface area contributed by atoms with Gasteiger partial charge in [0.15, 0.2) is 0 Å².